The summed E-state index contributed by atoms with van der Waals surface area (Å²) in [5, 5.41) is 2.37. The summed E-state index contributed by atoms with van der Waals surface area (Å²) in [6.07, 6.45) is 0. The van der Waals surface area contributed by atoms with Gasteiger partial charge in [-0.1, -0.05) is 39.0 Å². The Bertz CT molecular complexity index is 898. The van der Waals surface area contributed by atoms with E-state index in [1.54, 1.807) is 29.4 Å². The fourth-order valence-electron chi connectivity index (χ4n) is 2.56. The van der Waals surface area contributed by atoms with E-state index in [9.17, 15) is 13.2 Å². The molecule has 0 bridgehead atoms. The molecule has 9 heteroatoms. The second-order valence-corrected chi connectivity index (χ2v) is 11.0. The SMILES string of the molecule is CC(C)CN(CC(C)C)S(=O)(=O)c1ccc2nc(NC(=O)C(C)Cl)sc2c1. The summed E-state index contributed by atoms with van der Waals surface area (Å²) in [5.74, 6) is 0.110. The number of sulfonamides is 1. The average molecular weight is 432 g/mol. The molecule has 1 amide bonds. The lowest BCUT2D eigenvalue weighted by Crippen LogP contribution is -2.37. The van der Waals surface area contributed by atoms with Gasteiger partial charge in [0.05, 0.1) is 15.1 Å². The van der Waals surface area contributed by atoms with Crippen molar-refractivity contribution in [1.82, 2.24) is 9.29 Å². The number of thiazole rings is 1. The molecule has 150 valence electrons. The molecule has 1 atom stereocenters. The van der Waals surface area contributed by atoms with Crippen LogP contribution in [0, 0.1) is 11.8 Å². The lowest BCUT2D eigenvalue weighted by molar-refractivity contribution is -0.115. The zero-order valence-corrected chi connectivity index (χ0v) is 18.6. The molecule has 1 unspecified atom stereocenters. The van der Waals surface area contributed by atoms with E-state index in [0.29, 0.717) is 28.4 Å². The predicted octanol–water partition coefficient (Wildman–Crippen LogP) is 4.16. The molecule has 0 aliphatic heterocycles. The number of amides is 1. The highest BCUT2D eigenvalue weighted by Gasteiger charge is 2.26. The van der Waals surface area contributed by atoms with Crippen LogP contribution in [0.4, 0.5) is 5.13 Å². The molecule has 0 saturated carbocycles. The largest absolute Gasteiger partial charge is 0.301 e. The van der Waals surface area contributed by atoms with Crippen LogP contribution in [0.1, 0.15) is 34.6 Å². The molecule has 0 aliphatic carbocycles. The van der Waals surface area contributed by atoms with Gasteiger partial charge in [0.15, 0.2) is 5.13 Å². The van der Waals surface area contributed by atoms with Crippen molar-refractivity contribution in [2.24, 2.45) is 11.8 Å². The molecule has 1 aromatic heterocycles. The number of aromatic nitrogens is 1. The van der Waals surface area contributed by atoms with Gasteiger partial charge in [-0.25, -0.2) is 13.4 Å². The first-order chi connectivity index (χ1) is 12.5. The molecule has 0 saturated heterocycles. The Labute approximate surface area is 170 Å². The van der Waals surface area contributed by atoms with Gasteiger partial charge in [0.25, 0.3) is 0 Å². The molecular weight excluding hydrogens is 406 g/mol. The first-order valence-corrected chi connectivity index (χ1v) is 11.6. The summed E-state index contributed by atoms with van der Waals surface area (Å²) >= 11 is 6.99. The van der Waals surface area contributed by atoms with E-state index in [-0.39, 0.29) is 22.6 Å². The molecule has 1 heterocycles. The van der Waals surface area contributed by atoms with E-state index in [0.717, 1.165) is 0 Å². The van der Waals surface area contributed by atoms with E-state index < -0.39 is 15.4 Å². The second kappa shape index (κ2) is 8.86. The maximum atomic E-state index is 13.1. The van der Waals surface area contributed by atoms with Crippen molar-refractivity contribution >= 4 is 54.2 Å². The van der Waals surface area contributed by atoms with Crippen LogP contribution in [0.25, 0.3) is 10.2 Å². The molecule has 1 aromatic carbocycles. The van der Waals surface area contributed by atoms with Crippen LogP contribution in [0.15, 0.2) is 23.1 Å². The Hall–Kier alpha value is -1.22. The van der Waals surface area contributed by atoms with Gasteiger partial charge in [0.1, 0.15) is 5.38 Å². The zero-order valence-electron chi connectivity index (χ0n) is 16.2. The molecule has 1 N–H and O–H groups in total. The molecule has 27 heavy (non-hydrogen) atoms. The molecule has 0 spiro atoms. The summed E-state index contributed by atoms with van der Waals surface area (Å²) in [4.78, 5) is 16.3. The summed E-state index contributed by atoms with van der Waals surface area (Å²) in [5.41, 5.74) is 0.635. The number of benzene rings is 1. The first-order valence-electron chi connectivity index (χ1n) is 8.86. The van der Waals surface area contributed by atoms with Crippen molar-refractivity contribution in [2.45, 2.75) is 44.9 Å². The van der Waals surface area contributed by atoms with Crippen molar-refractivity contribution in [3.8, 4) is 0 Å². The van der Waals surface area contributed by atoms with E-state index in [4.69, 9.17) is 11.6 Å². The van der Waals surface area contributed by atoms with Crippen molar-refractivity contribution < 1.29 is 13.2 Å². The first kappa shape index (κ1) is 22.1. The highest BCUT2D eigenvalue weighted by Crippen LogP contribution is 2.30. The summed E-state index contributed by atoms with van der Waals surface area (Å²) in [7, 11) is -3.61. The number of anilines is 1. The Morgan fingerprint density at radius 1 is 1.19 bits per heavy atom. The highest BCUT2D eigenvalue weighted by atomic mass is 35.5. The summed E-state index contributed by atoms with van der Waals surface area (Å²) in [6.45, 7) is 10.5. The predicted molar refractivity (Wildman–Crippen MR) is 112 cm³/mol. The fourth-order valence-corrected chi connectivity index (χ4v) is 5.39. The Morgan fingerprint density at radius 2 is 1.78 bits per heavy atom. The number of fused-ring (bicyclic) bond motifs is 1. The molecule has 0 aliphatic rings. The van der Waals surface area contributed by atoms with Crippen molar-refractivity contribution in [1.29, 1.82) is 0 Å². The third-order valence-electron chi connectivity index (χ3n) is 3.73. The van der Waals surface area contributed by atoms with Gasteiger partial charge in [-0.2, -0.15) is 4.31 Å². The lowest BCUT2D eigenvalue weighted by atomic mass is 10.2. The van der Waals surface area contributed by atoms with Gasteiger partial charge in [-0.3, -0.25) is 4.79 Å². The minimum atomic E-state index is -3.61. The zero-order chi connectivity index (χ0) is 20.4. The van der Waals surface area contributed by atoms with E-state index in [1.807, 2.05) is 27.7 Å². The number of carbonyl (C=O) groups is 1. The Kier molecular flexibility index (Phi) is 7.24. The maximum Gasteiger partial charge on any atom is 0.243 e. The minimum Gasteiger partial charge on any atom is -0.301 e. The molecule has 6 nitrogen and oxygen atoms in total. The third-order valence-corrected chi connectivity index (χ3v) is 6.69. The number of nitrogens with one attached hydrogen (secondary N) is 1. The van der Waals surface area contributed by atoms with E-state index >= 15 is 0 Å². The molecule has 0 radical (unpaired) electrons. The van der Waals surface area contributed by atoms with Crippen molar-refractivity contribution in [3.63, 3.8) is 0 Å². The molecular formula is C18H26ClN3O3S2. The maximum absolute atomic E-state index is 13.1. The van der Waals surface area contributed by atoms with Crippen LogP contribution in [0.3, 0.4) is 0 Å². The van der Waals surface area contributed by atoms with Crippen LogP contribution in [0.2, 0.25) is 0 Å². The quantitative estimate of drug-likeness (QED) is 0.636. The topological polar surface area (TPSA) is 79.4 Å². The van der Waals surface area contributed by atoms with Crippen LogP contribution >= 0.6 is 22.9 Å². The lowest BCUT2D eigenvalue weighted by Gasteiger charge is -2.25. The van der Waals surface area contributed by atoms with Crippen LogP contribution < -0.4 is 5.32 Å². The number of nitrogens with zero attached hydrogens (tertiary/aromatic N) is 2. The Morgan fingerprint density at radius 3 is 2.30 bits per heavy atom. The summed E-state index contributed by atoms with van der Waals surface area (Å²) < 4.78 is 28.5. The smallest absolute Gasteiger partial charge is 0.243 e. The van der Waals surface area contributed by atoms with Crippen LogP contribution in [-0.4, -0.2) is 42.1 Å². The number of carbonyl (C=O) groups excluding carboxylic acids is 1. The second-order valence-electron chi connectivity index (χ2n) is 7.36. The highest BCUT2D eigenvalue weighted by molar-refractivity contribution is 7.89. The third kappa shape index (κ3) is 5.63. The van der Waals surface area contributed by atoms with Crippen molar-refractivity contribution in [2.75, 3.05) is 18.4 Å². The Balaban J connectivity index is 2.37. The van der Waals surface area contributed by atoms with Gasteiger partial charge in [0, 0.05) is 13.1 Å². The van der Waals surface area contributed by atoms with Gasteiger partial charge in [-0.15, -0.1) is 11.6 Å². The monoisotopic (exact) mass is 431 g/mol. The number of hydrogen-bond donors (Lipinski definition) is 1. The van der Waals surface area contributed by atoms with E-state index in [1.165, 1.54) is 11.3 Å². The van der Waals surface area contributed by atoms with Gasteiger partial charge >= 0.3 is 0 Å². The normalized spacial score (nSPS) is 13.7. The molecule has 2 rings (SSSR count). The molecule has 2 aromatic rings. The average Bonchev–Trinajstić information content (AvgIpc) is 2.94. The minimum absolute atomic E-state index is 0.227. The van der Waals surface area contributed by atoms with Gasteiger partial charge < -0.3 is 5.32 Å². The standard InChI is InChI=1S/C18H26ClN3O3S2/c1-11(2)9-22(10-12(3)4)27(24,25)14-6-7-15-16(8-14)26-18(20-15)21-17(23)13(5)19/h6-8,11-13H,9-10H2,1-5H3,(H,20,21,23). The number of hydrogen-bond acceptors (Lipinski definition) is 5. The number of rotatable bonds is 8. The fraction of sp³-hybridized carbons (Fsp3) is 0.556. The van der Waals surface area contributed by atoms with Gasteiger partial charge in [0.2, 0.25) is 15.9 Å². The van der Waals surface area contributed by atoms with Crippen LogP contribution in [-0.2, 0) is 14.8 Å². The van der Waals surface area contributed by atoms with Crippen LogP contribution in [0.5, 0.6) is 0 Å². The van der Waals surface area contributed by atoms with E-state index in [2.05, 4.69) is 10.3 Å². The van der Waals surface area contributed by atoms with Gasteiger partial charge in [-0.05, 0) is 37.0 Å². The van der Waals surface area contributed by atoms with Crippen molar-refractivity contribution in [3.05, 3.63) is 18.2 Å². The number of halogens is 1. The molecule has 0 fully saturated rings. The summed E-state index contributed by atoms with van der Waals surface area (Å²) in [6, 6.07) is 4.86. The number of alkyl halides is 1.